The van der Waals surface area contributed by atoms with E-state index in [-0.39, 0.29) is 17.9 Å². The van der Waals surface area contributed by atoms with Crippen LogP contribution in [0, 0.1) is 0 Å². The summed E-state index contributed by atoms with van der Waals surface area (Å²) in [5.74, 6) is -0.365. The van der Waals surface area contributed by atoms with Gasteiger partial charge in [0.15, 0.2) is 0 Å². The molecule has 0 aliphatic rings. The van der Waals surface area contributed by atoms with Gasteiger partial charge in [0.2, 0.25) is 5.91 Å². The Bertz CT molecular complexity index is 997. The average Bonchev–Trinajstić information content (AvgIpc) is 2.77. The molecule has 1 atom stereocenters. The monoisotopic (exact) mass is 404 g/mol. The maximum absolute atomic E-state index is 12.6. The Morgan fingerprint density at radius 3 is 2.10 bits per heavy atom. The van der Waals surface area contributed by atoms with E-state index in [1.54, 1.807) is 37.4 Å². The van der Waals surface area contributed by atoms with Crippen LogP contribution in [0.1, 0.15) is 33.1 Å². The number of hydrogen-bond donors (Lipinski definition) is 2. The first-order valence-electron chi connectivity index (χ1n) is 9.18. The standard InChI is InChI=1S/C24H21ClN2O2/c1-26-24(29)20-10-7-17(8-11-20)9-16-22(28)27-23(18-5-3-2-4-6-18)19-12-14-21(25)15-13-19/h2-16,23H,1H3,(H,26,29)(H,27,28)/b16-9+. The van der Waals surface area contributed by atoms with Gasteiger partial charge in [-0.3, -0.25) is 9.59 Å². The van der Waals surface area contributed by atoms with Gasteiger partial charge in [0.25, 0.3) is 5.91 Å². The normalized spacial score (nSPS) is 11.8. The zero-order valence-corrected chi connectivity index (χ0v) is 16.7. The molecule has 2 amide bonds. The highest BCUT2D eigenvalue weighted by atomic mass is 35.5. The summed E-state index contributed by atoms with van der Waals surface area (Å²) in [6.07, 6.45) is 3.20. The number of nitrogens with one attached hydrogen (secondary N) is 2. The van der Waals surface area contributed by atoms with Crippen molar-refractivity contribution < 1.29 is 9.59 Å². The predicted octanol–water partition coefficient (Wildman–Crippen LogP) is 4.62. The van der Waals surface area contributed by atoms with Crippen molar-refractivity contribution in [2.45, 2.75) is 6.04 Å². The molecular formula is C24H21ClN2O2. The number of halogens is 1. The molecule has 0 fully saturated rings. The Kier molecular flexibility index (Phi) is 6.82. The number of hydrogen-bond acceptors (Lipinski definition) is 2. The molecule has 0 aliphatic carbocycles. The third-order valence-electron chi connectivity index (χ3n) is 4.45. The largest absolute Gasteiger partial charge is 0.355 e. The number of amides is 2. The van der Waals surface area contributed by atoms with E-state index in [0.717, 1.165) is 16.7 Å². The van der Waals surface area contributed by atoms with Crippen molar-refractivity contribution in [3.8, 4) is 0 Å². The lowest BCUT2D eigenvalue weighted by molar-refractivity contribution is -0.116. The van der Waals surface area contributed by atoms with Crippen molar-refractivity contribution in [3.63, 3.8) is 0 Å². The molecule has 3 aromatic carbocycles. The third-order valence-corrected chi connectivity index (χ3v) is 4.70. The van der Waals surface area contributed by atoms with E-state index < -0.39 is 0 Å². The minimum absolute atomic E-state index is 0.146. The van der Waals surface area contributed by atoms with Crippen molar-refractivity contribution in [3.05, 3.63) is 112 Å². The van der Waals surface area contributed by atoms with Gasteiger partial charge in [-0.25, -0.2) is 0 Å². The SMILES string of the molecule is CNC(=O)c1ccc(/C=C/C(=O)NC(c2ccccc2)c2ccc(Cl)cc2)cc1. The van der Waals surface area contributed by atoms with E-state index in [0.29, 0.717) is 10.6 Å². The maximum atomic E-state index is 12.6. The topological polar surface area (TPSA) is 58.2 Å². The molecule has 0 saturated heterocycles. The molecule has 29 heavy (non-hydrogen) atoms. The van der Waals surface area contributed by atoms with Crippen molar-refractivity contribution in [2.75, 3.05) is 7.05 Å². The molecule has 3 aromatic rings. The van der Waals surface area contributed by atoms with Gasteiger partial charge < -0.3 is 10.6 Å². The molecule has 2 N–H and O–H groups in total. The fourth-order valence-corrected chi connectivity index (χ4v) is 3.04. The molecule has 0 spiro atoms. The summed E-state index contributed by atoms with van der Waals surface area (Å²) >= 11 is 6.00. The fourth-order valence-electron chi connectivity index (χ4n) is 2.91. The Labute approximate surface area is 175 Å². The van der Waals surface area contributed by atoms with Crippen LogP contribution in [0.25, 0.3) is 6.08 Å². The summed E-state index contributed by atoms with van der Waals surface area (Å²) in [4.78, 5) is 24.2. The zero-order chi connectivity index (χ0) is 20.6. The lowest BCUT2D eigenvalue weighted by Crippen LogP contribution is -2.27. The van der Waals surface area contributed by atoms with Gasteiger partial charge in [-0.1, -0.05) is 66.2 Å². The number of carbonyl (C=O) groups excluding carboxylic acids is 2. The summed E-state index contributed by atoms with van der Waals surface area (Å²) in [6, 6.07) is 23.9. The number of benzene rings is 3. The molecule has 1 unspecified atom stereocenters. The Morgan fingerprint density at radius 1 is 0.862 bits per heavy atom. The van der Waals surface area contributed by atoms with Crippen LogP contribution in [-0.4, -0.2) is 18.9 Å². The molecule has 0 radical (unpaired) electrons. The molecule has 0 aromatic heterocycles. The highest BCUT2D eigenvalue weighted by Crippen LogP contribution is 2.23. The second kappa shape index (κ2) is 9.71. The first-order valence-corrected chi connectivity index (χ1v) is 9.56. The van der Waals surface area contributed by atoms with Gasteiger partial charge in [0.1, 0.15) is 0 Å². The van der Waals surface area contributed by atoms with E-state index in [4.69, 9.17) is 11.6 Å². The quantitative estimate of drug-likeness (QED) is 0.589. The number of rotatable bonds is 6. The molecule has 0 heterocycles. The molecular weight excluding hydrogens is 384 g/mol. The zero-order valence-electron chi connectivity index (χ0n) is 15.9. The summed E-state index contributed by atoms with van der Waals surface area (Å²) in [5, 5.41) is 6.27. The third kappa shape index (κ3) is 5.56. The van der Waals surface area contributed by atoms with Gasteiger partial charge in [-0.2, -0.15) is 0 Å². The van der Waals surface area contributed by atoms with Gasteiger partial charge >= 0.3 is 0 Å². The molecule has 0 saturated carbocycles. The van der Waals surface area contributed by atoms with Gasteiger partial charge in [-0.15, -0.1) is 0 Å². The molecule has 3 rings (SSSR count). The molecule has 5 heteroatoms. The van der Waals surface area contributed by atoms with Crippen LogP contribution in [0.4, 0.5) is 0 Å². The summed E-state index contributed by atoms with van der Waals surface area (Å²) in [6.45, 7) is 0. The van der Waals surface area contributed by atoms with Crippen LogP contribution in [0.15, 0.2) is 84.9 Å². The number of carbonyl (C=O) groups is 2. The van der Waals surface area contributed by atoms with Crippen LogP contribution < -0.4 is 10.6 Å². The molecule has 146 valence electrons. The Balaban J connectivity index is 1.75. The molecule has 4 nitrogen and oxygen atoms in total. The van der Waals surface area contributed by atoms with Crippen molar-refractivity contribution >= 4 is 29.5 Å². The van der Waals surface area contributed by atoms with Crippen molar-refractivity contribution in [2.24, 2.45) is 0 Å². The van der Waals surface area contributed by atoms with E-state index in [2.05, 4.69) is 10.6 Å². The highest BCUT2D eigenvalue weighted by Gasteiger charge is 2.15. The lowest BCUT2D eigenvalue weighted by atomic mass is 9.98. The van der Waals surface area contributed by atoms with Gasteiger partial charge in [0, 0.05) is 23.7 Å². The Morgan fingerprint density at radius 2 is 1.48 bits per heavy atom. The van der Waals surface area contributed by atoms with E-state index in [1.807, 2.05) is 54.6 Å². The van der Waals surface area contributed by atoms with Crippen molar-refractivity contribution in [1.29, 1.82) is 0 Å². The van der Waals surface area contributed by atoms with Crippen LogP contribution >= 0.6 is 11.6 Å². The minimum atomic E-state index is -0.291. The van der Waals surface area contributed by atoms with E-state index in [9.17, 15) is 9.59 Å². The fraction of sp³-hybridized carbons (Fsp3) is 0.0833. The molecule has 0 bridgehead atoms. The van der Waals surface area contributed by atoms with Crippen LogP contribution in [-0.2, 0) is 4.79 Å². The summed E-state index contributed by atoms with van der Waals surface area (Å²) in [7, 11) is 1.59. The second-order valence-corrected chi connectivity index (χ2v) is 6.87. The smallest absolute Gasteiger partial charge is 0.251 e. The van der Waals surface area contributed by atoms with Crippen LogP contribution in [0.5, 0.6) is 0 Å². The van der Waals surface area contributed by atoms with Gasteiger partial charge in [0.05, 0.1) is 6.04 Å². The van der Waals surface area contributed by atoms with Crippen LogP contribution in [0.2, 0.25) is 5.02 Å². The van der Waals surface area contributed by atoms with Gasteiger partial charge in [-0.05, 0) is 47.0 Å². The average molecular weight is 405 g/mol. The van der Waals surface area contributed by atoms with Crippen molar-refractivity contribution in [1.82, 2.24) is 10.6 Å². The summed E-state index contributed by atoms with van der Waals surface area (Å²) in [5.41, 5.74) is 3.32. The first-order chi connectivity index (χ1) is 14.1. The van der Waals surface area contributed by atoms with Crippen LogP contribution in [0.3, 0.4) is 0 Å². The summed E-state index contributed by atoms with van der Waals surface area (Å²) < 4.78 is 0. The Hall–Kier alpha value is -3.37. The second-order valence-electron chi connectivity index (χ2n) is 6.44. The van der Waals surface area contributed by atoms with E-state index >= 15 is 0 Å². The maximum Gasteiger partial charge on any atom is 0.251 e. The first kappa shape index (κ1) is 20.4. The lowest BCUT2D eigenvalue weighted by Gasteiger charge is -2.19. The molecule has 0 aliphatic heterocycles. The predicted molar refractivity (Wildman–Crippen MR) is 117 cm³/mol. The highest BCUT2D eigenvalue weighted by molar-refractivity contribution is 6.30. The van der Waals surface area contributed by atoms with E-state index in [1.165, 1.54) is 6.08 Å². The minimum Gasteiger partial charge on any atom is -0.355 e.